The number of nitrogens with zero attached hydrogens (tertiary/aromatic N) is 3. The van der Waals surface area contributed by atoms with Crippen molar-refractivity contribution < 1.29 is 4.79 Å². The molecule has 2 aliphatic heterocycles. The second kappa shape index (κ2) is 4.08. The minimum absolute atomic E-state index is 0.297. The van der Waals surface area contributed by atoms with Crippen LogP contribution < -0.4 is 5.73 Å². The fourth-order valence-corrected chi connectivity index (χ4v) is 2.33. The average Bonchev–Trinajstić information content (AvgIpc) is 2.60. The molecule has 1 atom stereocenters. The third-order valence-electron chi connectivity index (χ3n) is 3.14. The lowest BCUT2D eigenvalue weighted by atomic mass is 10.2. The van der Waals surface area contributed by atoms with Gasteiger partial charge in [-0.1, -0.05) is 0 Å². The molecule has 0 aromatic rings. The second-order valence-electron chi connectivity index (χ2n) is 4.06. The minimum Gasteiger partial charge on any atom is -0.370 e. The van der Waals surface area contributed by atoms with Gasteiger partial charge in [0.05, 0.1) is 0 Å². The Hall–Kier alpha value is -1.26. The molecule has 5 heteroatoms. The van der Waals surface area contributed by atoms with Gasteiger partial charge in [-0.3, -0.25) is 9.79 Å². The third kappa shape index (κ3) is 1.91. The summed E-state index contributed by atoms with van der Waals surface area (Å²) in [4.78, 5) is 19.7. The molecule has 0 aromatic carbocycles. The summed E-state index contributed by atoms with van der Waals surface area (Å²) in [6, 6.07) is 0.358. The van der Waals surface area contributed by atoms with Crippen LogP contribution in [0, 0.1) is 0 Å². The van der Waals surface area contributed by atoms with Crippen LogP contribution in [0.3, 0.4) is 0 Å². The second-order valence-corrected chi connectivity index (χ2v) is 4.06. The van der Waals surface area contributed by atoms with Gasteiger partial charge in [-0.2, -0.15) is 0 Å². The molecule has 0 spiro atoms. The van der Waals surface area contributed by atoms with E-state index >= 15 is 0 Å². The Labute approximate surface area is 89.9 Å². The van der Waals surface area contributed by atoms with Gasteiger partial charge in [0.25, 0.3) is 0 Å². The van der Waals surface area contributed by atoms with E-state index in [1.807, 2.05) is 11.8 Å². The number of piperazine rings is 1. The predicted molar refractivity (Wildman–Crippen MR) is 58.5 cm³/mol. The quantitative estimate of drug-likeness (QED) is 0.474. The Morgan fingerprint density at radius 3 is 3.13 bits per heavy atom. The van der Waals surface area contributed by atoms with Gasteiger partial charge in [0.15, 0.2) is 5.96 Å². The van der Waals surface area contributed by atoms with Gasteiger partial charge in [-0.25, -0.2) is 0 Å². The van der Waals surface area contributed by atoms with E-state index < -0.39 is 0 Å². The van der Waals surface area contributed by atoms with Gasteiger partial charge >= 0.3 is 0 Å². The number of guanidine groups is 1. The number of rotatable bonds is 1. The Morgan fingerprint density at radius 2 is 2.40 bits per heavy atom. The first kappa shape index (κ1) is 10.3. The highest BCUT2D eigenvalue weighted by Gasteiger charge is 2.35. The average molecular weight is 210 g/mol. The van der Waals surface area contributed by atoms with E-state index in [1.165, 1.54) is 0 Å². The molecule has 0 radical (unpaired) electrons. The highest BCUT2D eigenvalue weighted by molar-refractivity contribution is 5.81. The van der Waals surface area contributed by atoms with Crippen molar-refractivity contribution in [2.45, 2.75) is 25.8 Å². The molecule has 2 saturated heterocycles. The van der Waals surface area contributed by atoms with E-state index in [9.17, 15) is 4.79 Å². The largest absolute Gasteiger partial charge is 0.370 e. The van der Waals surface area contributed by atoms with Crippen molar-refractivity contribution in [3.63, 3.8) is 0 Å². The SMILES string of the molecule is CCN=C(N)N1CCN2C(=O)CCC2C1. The lowest BCUT2D eigenvalue weighted by Crippen LogP contribution is -2.55. The molecule has 0 aliphatic carbocycles. The maximum absolute atomic E-state index is 11.5. The predicted octanol–water partition coefficient (Wildman–Crippen LogP) is -0.372. The summed E-state index contributed by atoms with van der Waals surface area (Å²) in [5.74, 6) is 0.919. The monoisotopic (exact) mass is 210 g/mol. The first-order valence-electron chi connectivity index (χ1n) is 5.56. The zero-order chi connectivity index (χ0) is 10.8. The van der Waals surface area contributed by atoms with Crippen LogP contribution in [0.2, 0.25) is 0 Å². The Bertz CT molecular complexity index is 289. The van der Waals surface area contributed by atoms with Gasteiger partial charge < -0.3 is 15.5 Å². The van der Waals surface area contributed by atoms with Crippen LogP contribution in [0.5, 0.6) is 0 Å². The summed E-state index contributed by atoms with van der Waals surface area (Å²) < 4.78 is 0. The molecule has 0 bridgehead atoms. The number of nitrogens with two attached hydrogens (primary N) is 1. The van der Waals surface area contributed by atoms with Crippen molar-refractivity contribution in [3.05, 3.63) is 0 Å². The highest BCUT2D eigenvalue weighted by atomic mass is 16.2. The van der Waals surface area contributed by atoms with Crippen molar-refractivity contribution in [3.8, 4) is 0 Å². The van der Waals surface area contributed by atoms with E-state index in [1.54, 1.807) is 0 Å². The topological polar surface area (TPSA) is 61.9 Å². The maximum atomic E-state index is 11.5. The van der Waals surface area contributed by atoms with Crippen molar-refractivity contribution in [2.24, 2.45) is 10.7 Å². The molecular formula is C10H18N4O. The lowest BCUT2D eigenvalue weighted by molar-refractivity contribution is -0.130. The molecule has 2 rings (SSSR count). The van der Waals surface area contributed by atoms with Crippen LogP contribution in [0.4, 0.5) is 0 Å². The lowest BCUT2D eigenvalue weighted by Gasteiger charge is -2.38. The molecule has 2 aliphatic rings. The van der Waals surface area contributed by atoms with Gasteiger partial charge in [-0.05, 0) is 13.3 Å². The van der Waals surface area contributed by atoms with Gasteiger partial charge in [0.1, 0.15) is 0 Å². The number of hydrogen-bond donors (Lipinski definition) is 1. The summed E-state index contributed by atoms with van der Waals surface area (Å²) in [6.45, 7) is 5.15. The van der Waals surface area contributed by atoms with Crippen LogP contribution in [0.25, 0.3) is 0 Å². The highest BCUT2D eigenvalue weighted by Crippen LogP contribution is 2.22. The van der Waals surface area contributed by atoms with Gasteiger partial charge in [0.2, 0.25) is 5.91 Å². The number of amides is 1. The van der Waals surface area contributed by atoms with Crippen molar-refractivity contribution in [1.29, 1.82) is 0 Å². The minimum atomic E-state index is 0.297. The van der Waals surface area contributed by atoms with E-state index in [4.69, 9.17) is 5.73 Å². The zero-order valence-corrected chi connectivity index (χ0v) is 9.15. The van der Waals surface area contributed by atoms with E-state index in [2.05, 4.69) is 9.89 Å². The zero-order valence-electron chi connectivity index (χ0n) is 9.15. The van der Waals surface area contributed by atoms with Crippen molar-refractivity contribution in [1.82, 2.24) is 9.80 Å². The number of aliphatic imine (C=N–C) groups is 1. The molecule has 2 fully saturated rings. The molecule has 1 amide bonds. The van der Waals surface area contributed by atoms with E-state index in [0.29, 0.717) is 24.3 Å². The normalized spacial score (nSPS) is 27.1. The molecule has 0 aromatic heterocycles. The molecule has 1 unspecified atom stereocenters. The van der Waals surface area contributed by atoms with Crippen LogP contribution in [0.1, 0.15) is 19.8 Å². The Balaban J connectivity index is 1.99. The molecular weight excluding hydrogens is 192 g/mol. The summed E-state index contributed by atoms with van der Waals surface area (Å²) in [5, 5.41) is 0. The van der Waals surface area contributed by atoms with Gasteiger partial charge in [-0.15, -0.1) is 0 Å². The number of carbonyl (C=O) groups is 1. The standard InChI is InChI=1S/C10H18N4O/c1-2-12-10(11)13-5-6-14-8(7-13)3-4-9(14)15/h8H,2-7H2,1H3,(H2,11,12). The first-order chi connectivity index (χ1) is 7.22. The molecule has 2 N–H and O–H groups in total. The van der Waals surface area contributed by atoms with E-state index in [-0.39, 0.29) is 0 Å². The summed E-state index contributed by atoms with van der Waals surface area (Å²) in [7, 11) is 0. The fourth-order valence-electron chi connectivity index (χ4n) is 2.33. The van der Waals surface area contributed by atoms with Crippen LogP contribution >= 0.6 is 0 Å². The van der Waals surface area contributed by atoms with Gasteiger partial charge in [0, 0.05) is 38.6 Å². The molecule has 2 heterocycles. The third-order valence-corrected chi connectivity index (χ3v) is 3.14. The first-order valence-corrected chi connectivity index (χ1v) is 5.56. The van der Waals surface area contributed by atoms with Crippen molar-refractivity contribution in [2.75, 3.05) is 26.2 Å². The molecule has 0 saturated carbocycles. The number of fused-ring (bicyclic) bond motifs is 1. The maximum Gasteiger partial charge on any atom is 0.223 e. The summed E-state index contributed by atoms with van der Waals surface area (Å²) >= 11 is 0. The Morgan fingerprint density at radius 1 is 1.60 bits per heavy atom. The summed E-state index contributed by atoms with van der Waals surface area (Å²) in [5.41, 5.74) is 5.85. The molecule has 15 heavy (non-hydrogen) atoms. The molecule has 84 valence electrons. The van der Waals surface area contributed by atoms with Crippen LogP contribution in [0.15, 0.2) is 4.99 Å². The van der Waals surface area contributed by atoms with Crippen LogP contribution in [-0.4, -0.2) is 53.9 Å². The van der Waals surface area contributed by atoms with Crippen molar-refractivity contribution >= 4 is 11.9 Å². The van der Waals surface area contributed by atoms with Crippen LogP contribution in [-0.2, 0) is 4.79 Å². The number of hydrogen-bond acceptors (Lipinski definition) is 2. The Kier molecular flexibility index (Phi) is 2.79. The molecule has 5 nitrogen and oxygen atoms in total. The fraction of sp³-hybridized carbons (Fsp3) is 0.800. The smallest absolute Gasteiger partial charge is 0.223 e. The number of carbonyl (C=O) groups excluding carboxylic acids is 1. The summed E-state index contributed by atoms with van der Waals surface area (Å²) in [6.07, 6.45) is 1.66. The van der Waals surface area contributed by atoms with E-state index in [0.717, 1.165) is 32.6 Å².